The van der Waals surface area contributed by atoms with Crippen molar-refractivity contribution in [3.63, 3.8) is 0 Å². The number of phenols is 1. The predicted octanol–water partition coefficient (Wildman–Crippen LogP) is 0.765. The third-order valence-electron chi connectivity index (χ3n) is 2.01. The summed E-state index contributed by atoms with van der Waals surface area (Å²) in [5.41, 5.74) is 0.669. The normalized spacial score (nSPS) is 13.7. The second-order valence-corrected chi connectivity index (χ2v) is 4.26. The van der Waals surface area contributed by atoms with E-state index in [1.807, 2.05) is 0 Å². The van der Waals surface area contributed by atoms with Gasteiger partial charge in [-0.2, -0.15) is 8.42 Å². The Bertz CT molecular complexity index is 467. The molecule has 0 aliphatic carbocycles. The zero-order chi connectivity index (χ0) is 12.3. The topological polar surface area (TPSA) is 104 Å². The molecule has 3 N–H and O–H groups in total. The quantitative estimate of drug-likeness (QED) is 0.680. The van der Waals surface area contributed by atoms with Crippen LogP contribution in [0.15, 0.2) is 18.2 Å². The highest BCUT2D eigenvalue weighted by molar-refractivity contribution is 7.80. The van der Waals surface area contributed by atoms with Crippen LogP contribution in [0.3, 0.4) is 0 Å². The molecule has 0 heterocycles. The Balaban J connectivity index is 2.96. The van der Waals surface area contributed by atoms with Crippen LogP contribution in [0.5, 0.6) is 5.75 Å². The number of hydrogen-bond acceptors (Lipinski definition) is 5. The largest absolute Gasteiger partial charge is 0.508 e. The van der Waals surface area contributed by atoms with Gasteiger partial charge in [-0.3, -0.25) is 4.55 Å². The van der Waals surface area contributed by atoms with Gasteiger partial charge in [0.25, 0.3) is 0 Å². The number of benzene rings is 1. The van der Waals surface area contributed by atoms with Gasteiger partial charge in [0.1, 0.15) is 11.9 Å². The van der Waals surface area contributed by atoms with Gasteiger partial charge in [-0.1, -0.05) is 6.07 Å². The van der Waals surface area contributed by atoms with E-state index >= 15 is 0 Å². The molecule has 1 aromatic rings. The molecule has 0 saturated carbocycles. The molecule has 90 valence electrons. The van der Waals surface area contributed by atoms with Gasteiger partial charge >= 0.3 is 10.4 Å². The molecule has 0 aliphatic rings. The van der Waals surface area contributed by atoms with Crippen molar-refractivity contribution < 1.29 is 27.4 Å². The number of hydrogen-bond donors (Lipinski definition) is 3. The average molecular weight is 248 g/mol. The van der Waals surface area contributed by atoms with Crippen LogP contribution in [-0.2, 0) is 21.2 Å². The molecule has 0 radical (unpaired) electrons. The van der Waals surface area contributed by atoms with Crippen LogP contribution < -0.4 is 0 Å². The average Bonchev–Trinajstić information content (AvgIpc) is 2.15. The summed E-state index contributed by atoms with van der Waals surface area (Å²) in [7, 11) is -4.53. The molecule has 0 saturated heterocycles. The van der Waals surface area contributed by atoms with Gasteiger partial charge in [0, 0.05) is 5.56 Å². The zero-order valence-corrected chi connectivity index (χ0v) is 9.31. The van der Waals surface area contributed by atoms with E-state index in [2.05, 4.69) is 4.18 Å². The van der Waals surface area contributed by atoms with Crippen molar-refractivity contribution in [2.75, 3.05) is 0 Å². The predicted molar refractivity (Wildman–Crippen MR) is 55.1 cm³/mol. The first-order chi connectivity index (χ1) is 7.33. The second-order valence-electron chi connectivity index (χ2n) is 3.21. The highest BCUT2D eigenvalue weighted by atomic mass is 32.3. The first-order valence-corrected chi connectivity index (χ1v) is 5.78. The second kappa shape index (κ2) is 4.79. The highest BCUT2D eigenvalue weighted by Crippen LogP contribution is 2.24. The number of rotatable bonds is 4. The third-order valence-corrected chi connectivity index (χ3v) is 2.54. The van der Waals surface area contributed by atoms with Gasteiger partial charge in [-0.25, -0.2) is 4.18 Å². The molecule has 1 rings (SSSR count). The summed E-state index contributed by atoms with van der Waals surface area (Å²) in [5.74, 6) is -0.0923. The van der Waals surface area contributed by atoms with E-state index in [-0.39, 0.29) is 17.9 Å². The molecular formula is C9H12O6S. The minimum absolute atomic E-state index is 0.0923. The fourth-order valence-electron chi connectivity index (χ4n) is 1.22. The number of aliphatic hydroxyl groups excluding tert-OH is 1. The summed E-state index contributed by atoms with van der Waals surface area (Å²) >= 11 is 0. The van der Waals surface area contributed by atoms with Crippen LogP contribution in [0.1, 0.15) is 24.2 Å². The molecule has 0 bridgehead atoms. The van der Waals surface area contributed by atoms with E-state index in [4.69, 9.17) is 9.66 Å². The lowest BCUT2D eigenvalue weighted by atomic mass is 10.1. The fourth-order valence-corrected chi connectivity index (χ4v) is 1.70. The van der Waals surface area contributed by atoms with Crippen LogP contribution in [0.25, 0.3) is 0 Å². The fraction of sp³-hybridized carbons (Fsp3) is 0.333. The van der Waals surface area contributed by atoms with Gasteiger partial charge in [-0.15, -0.1) is 0 Å². The first-order valence-electron chi connectivity index (χ1n) is 4.42. The van der Waals surface area contributed by atoms with Crippen molar-refractivity contribution >= 4 is 10.4 Å². The van der Waals surface area contributed by atoms with E-state index in [1.165, 1.54) is 25.1 Å². The molecule has 7 heteroatoms. The molecule has 0 spiro atoms. The summed E-state index contributed by atoms with van der Waals surface area (Å²) in [4.78, 5) is 0. The first kappa shape index (κ1) is 12.9. The van der Waals surface area contributed by atoms with E-state index in [9.17, 15) is 13.5 Å². The van der Waals surface area contributed by atoms with Crippen LogP contribution in [0, 0.1) is 0 Å². The third kappa shape index (κ3) is 3.46. The Morgan fingerprint density at radius 3 is 2.56 bits per heavy atom. The summed E-state index contributed by atoms with van der Waals surface area (Å²) in [6.07, 6.45) is -0.902. The van der Waals surface area contributed by atoms with Crippen molar-refractivity contribution in [3.05, 3.63) is 29.3 Å². The standard InChI is InChI=1S/C9H12O6S/c1-6(15-16(12,13)14)7-2-3-9(11)8(4-7)5-10/h2-4,6,10-11H,5H2,1H3,(H,12,13,14). The number of aromatic hydroxyl groups is 1. The molecule has 6 nitrogen and oxygen atoms in total. The summed E-state index contributed by atoms with van der Waals surface area (Å²) in [6, 6.07) is 4.14. The maximum Gasteiger partial charge on any atom is 0.397 e. The Kier molecular flexibility index (Phi) is 3.87. The SMILES string of the molecule is CC(OS(=O)(=O)O)c1ccc(O)c(CO)c1. The van der Waals surface area contributed by atoms with Crippen molar-refractivity contribution in [1.29, 1.82) is 0 Å². The monoisotopic (exact) mass is 248 g/mol. The van der Waals surface area contributed by atoms with E-state index < -0.39 is 16.5 Å². The van der Waals surface area contributed by atoms with Gasteiger partial charge in [0.05, 0.1) is 6.61 Å². The Morgan fingerprint density at radius 1 is 1.44 bits per heavy atom. The smallest absolute Gasteiger partial charge is 0.397 e. The molecule has 0 amide bonds. The summed E-state index contributed by atoms with van der Waals surface area (Å²) < 4.78 is 33.8. The van der Waals surface area contributed by atoms with Crippen molar-refractivity contribution in [2.45, 2.75) is 19.6 Å². The van der Waals surface area contributed by atoms with Gasteiger partial charge in [0.2, 0.25) is 0 Å². The molecule has 1 unspecified atom stereocenters. The lowest BCUT2D eigenvalue weighted by Crippen LogP contribution is -2.08. The summed E-state index contributed by atoms with van der Waals surface area (Å²) in [5, 5.41) is 18.2. The minimum Gasteiger partial charge on any atom is -0.508 e. The molecule has 0 aliphatic heterocycles. The van der Waals surface area contributed by atoms with E-state index in [0.717, 1.165) is 0 Å². The van der Waals surface area contributed by atoms with E-state index in [1.54, 1.807) is 0 Å². The van der Waals surface area contributed by atoms with Gasteiger partial charge in [-0.05, 0) is 24.6 Å². The molecule has 16 heavy (non-hydrogen) atoms. The van der Waals surface area contributed by atoms with Gasteiger partial charge < -0.3 is 10.2 Å². The van der Waals surface area contributed by atoms with Crippen LogP contribution in [0.4, 0.5) is 0 Å². The Labute approximate surface area is 93.1 Å². The van der Waals surface area contributed by atoms with Crippen molar-refractivity contribution in [2.24, 2.45) is 0 Å². The zero-order valence-electron chi connectivity index (χ0n) is 8.49. The van der Waals surface area contributed by atoms with Crippen LogP contribution in [0.2, 0.25) is 0 Å². The molecule has 1 atom stereocenters. The van der Waals surface area contributed by atoms with Crippen molar-refractivity contribution in [3.8, 4) is 5.75 Å². The van der Waals surface area contributed by atoms with Crippen LogP contribution >= 0.6 is 0 Å². The molecular weight excluding hydrogens is 236 g/mol. The maximum absolute atomic E-state index is 10.5. The highest BCUT2D eigenvalue weighted by Gasteiger charge is 2.15. The molecule has 0 aromatic heterocycles. The number of aliphatic hydroxyl groups is 1. The lowest BCUT2D eigenvalue weighted by molar-refractivity contribution is 0.200. The lowest BCUT2D eigenvalue weighted by Gasteiger charge is -2.12. The Morgan fingerprint density at radius 2 is 2.06 bits per heavy atom. The van der Waals surface area contributed by atoms with Crippen molar-refractivity contribution in [1.82, 2.24) is 0 Å². The Hall–Kier alpha value is -1.15. The van der Waals surface area contributed by atoms with E-state index in [0.29, 0.717) is 5.56 Å². The van der Waals surface area contributed by atoms with Crippen LogP contribution in [-0.4, -0.2) is 23.2 Å². The summed E-state index contributed by atoms with van der Waals surface area (Å²) in [6.45, 7) is 1.04. The molecule has 1 aromatic carbocycles. The van der Waals surface area contributed by atoms with Gasteiger partial charge in [0.15, 0.2) is 0 Å². The maximum atomic E-state index is 10.5. The molecule has 0 fully saturated rings. The minimum atomic E-state index is -4.53.